The molecule has 0 fully saturated rings. The van der Waals surface area contributed by atoms with E-state index in [2.05, 4.69) is 0 Å². The van der Waals surface area contributed by atoms with E-state index in [0.717, 1.165) is 23.3 Å². The summed E-state index contributed by atoms with van der Waals surface area (Å²) >= 11 is 0. The van der Waals surface area contributed by atoms with Crippen molar-refractivity contribution in [2.75, 3.05) is 14.2 Å². The molecule has 0 unspecified atom stereocenters. The molecule has 1 aromatic rings. The summed E-state index contributed by atoms with van der Waals surface area (Å²) in [5, 5.41) is 20.4. The number of nitrogens with zero attached hydrogens (tertiary/aromatic N) is 2. The minimum atomic E-state index is -1.22. The van der Waals surface area contributed by atoms with Crippen molar-refractivity contribution in [2.24, 2.45) is 0 Å². The zero-order valence-electron chi connectivity index (χ0n) is 10.8. The minimum Gasteiger partial charge on any atom is -0.478 e. The fraction of sp³-hybridized carbons (Fsp3) is 0.167. The summed E-state index contributed by atoms with van der Waals surface area (Å²) in [7, 11) is 2.66. The van der Waals surface area contributed by atoms with Crippen LogP contribution in [0.3, 0.4) is 0 Å². The maximum absolute atomic E-state index is 11.8. The number of carboxylic acids is 1. The van der Waals surface area contributed by atoms with E-state index >= 15 is 0 Å². The highest BCUT2D eigenvalue weighted by molar-refractivity contribution is 5.95. The van der Waals surface area contributed by atoms with Gasteiger partial charge in [-0.3, -0.25) is 19.7 Å². The van der Waals surface area contributed by atoms with Crippen LogP contribution in [-0.2, 0) is 9.63 Å². The molecule has 0 aromatic heterocycles. The molecule has 0 aliphatic carbocycles. The van der Waals surface area contributed by atoms with Crippen molar-refractivity contribution in [3.63, 3.8) is 0 Å². The maximum atomic E-state index is 11.8. The summed E-state index contributed by atoms with van der Waals surface area (Å²) in [4.78, 5) is 37.2. The molecule has 0 radical (unpaired) electrons. The van der Waals surface area contributed by atoms with E-state index in [1.807, 2.05) is 0 Å². The molecule has 0 saturated carbocycles. The molecular formula is C12H12N2O6. The van der Waals surface area contributed by atoms with Crippen molar-refractivity contribution in [3.8, 4) is 0 Å². The summed E-state index contributed by atoms with van der Waals surface area (Å²) in [5.41, 5.74) is -0.208. The highest BCUT2D eigenvalue weighted by Gasteiger charge is 2.18. The lowest BCUT2D eigenvalue weighted by molar-refractivity contribution is -0.385. The Morgan fingerprint density at radius 3 is 2.60 bits per heavy atom. The molecule has 0 aliphatic heterocycles. The molecule has 0 bridgehead atoms. The molecule has 20 heavy (non-hydrogen) atoms. The average Bonchev–Trinajstić information content (AvgIpc) is 2.42. The number of nitro benzene ring substituents is 1. The fourth-order valence-corrected chi connectivity index (χ4v) is 1.40. The molecule has 0 saturated heterocycles. The third kappa shape index (κ3) is 3.62. The normalized spacial score (nSPS) is 10.5. The van der Waals surface area contributed by atoms with E-state index in [0.29, 0.717) is 0 Å². The largest absolute Gasteiger partial charge is 0.478 e. The van der Waals surface area contributed by atoms with Gasteiger partial charge in [0.15, 0.2) is 0 Å². The van der Waals surface area contributed by atoms with Crippen LogP contribution in [0.5, 0.6) is 0 Å². The van der Waals surface area contributed by atoms with Gasteiger partial charge in [-0.05, 0) is 18.2 Å². The average molecular weight is 280 g/mol. The lowest BCUT2D eigenvalue weighted by Crippen LogP contribution is -2.25. The first kappa shape index (κ1) is 15.3. The van der Waals surface area contributed by atoms with E-state index in [1.165, 1.54) is 26.3 Å². The zero-order chi connectivity index (χ0) is 15.3. The van der Waals surface area contributed by atoms with Crippen molar-refractivity contribution in [2.45, 2.75) is 0 Å². The number of hydroxylamine groups is 2. The molecular weight excluding hydrogens is 268 g/mol. The van der Waals surface area contributed by atoms with Crippen LogP contribution in [0.1, 0.15) is 15.9 Å². The lowest BCUT2D eigenvalue weighted by atomic mass is 10.1. The quantitative estimate of drug-likeness (QED) is 0.495. The van der Waals surface area contributed by atoms with Crippen LogP contribution in [0.4, 0.5) is 5.69 Å². The van der Waals surface area contributed by atoms with E-state index in [9.17, 15) is 19.7 Å². The smallest absolute Gasteiger partial charge is 0.328 e. The first-order valence-electron chi connectivity index (χ1n) is 5.38. The van der Waals surface area contributed by atoms with Gasteiger partial charge in [0.25, 0.3) is 11.6 Å². The molecule has 0 atom stereocenters. The summed E-state index contributed by atoms with van der Waals surface area (Å²) < 4.78 is 0. The third-order valence-electron chi connectivity index (χ3n) is 2.44. The molecule has 1 rings (SSSR count). The number of hydrogen-bond donors (Lipinski definition) is 1. The van der Waals surface area contributed by atoms with Gasteiger partial charge in [0.05, 0.1) is 17.6 Å². The molecule has 1 aromatic carbocycles. The number of carbonyl (C=O) groups excluding carboxylic acids is 1. The Balaban J connectivity index is 3.23. The Hall–Kier alpha value is -2.74. The standard InChI is InChI=1S/C12H12N2O6/c1-13(20-2)12(17)9-4-3-8(5-6-11(15)16)10(7-9)14(18)19/h3-7H,1-2H3,(H,15,16). The number of benzene rings is 1. The van der Waals surface area contributed by atoms with E-state index in [4.69, 9.17) is 9.94 Å². The number of amides is 1. The first-order valence-corrected chi connectivity index (χ1v) is 5.38. The second-order valence-corrected chi connectivity index (χ2v) is 3.69. The molecule has 1 amide bonds. The molecule has 1 N–H and O–H groups in total. The predicted octanol–water partition coefficient (Wildman–Crippen LogP) is 1.33. The summed E-state index contributed by atoms with van der Waals surface area (Å²) in [6.45, 7) is 0. The van der Waals surface area contributed by atoms with Crippen LogP contribution in [-0.4, -0.2) is 41.1 Å². The van der Waals surface area contributed by atoms with Crippen LogP contribution < -0.4 is 0 Å². The number of rotatable bonds is 5. The predicted molar refractivity (Wildman–Crippen MR) is 68.9 cm³/mol. The van der Waals surface area contributed by atoms with Crippen molar-refractivity contribution >= 4 is 23.6 Å². The minimum absolute atomic E-state index is 0.0634. The van der Waals surface area contributed by atoms with Gasteiger partial charge >= 0.3 is 5.97 Å². The van der Waals surface area contributed by atoms with Crippen molar-refractivity contribution in [1.29, 1.82) is 0 Å². The van der Waals surface area contributed by atoms with Crippen LogP contribution in [0, 0.1) is 10.1 Å². The second kappa shape index (κ2) is 6.43. The Kier molecular flexibility index (Phi) is 4.93. The van der Waals surface area contributed by atoms with Crippen LogP contribution >= 0.6 is 0 Å². The monoisotopic (exact) mass is 280 g/mol. The number of aliphatic carboxylic acids is 1. The van der Waals surface area contributed by atoms with Crippen molar-refractivity contribution in [1.82, 2.24) is 5.06 Å². The van der Waals surface area contributed by atoms with Gasteiger partial charge in [-0.2, -0.15) is 0 Å². The van der Waals surface area contributed by atoms with Gasteiger partial charge in [-0.15, -0.1) is 0 Å². The summed E-state index contributed by atoms with van der Waals surface area (Å²) in [6, 6.07) is 3.72. The van der Waals surface area contributed by atoms with Gasteiger partial charge in [0.1, 0.15) is 0 Å². The van der Waals surface area contributed by atoms with Gasteiger partial charge < -0.3 is 5.11 Å². The van der Waals surface area contributed by atoms with Gasteiger partial charge in [-0.1, -0.05) is 0 Å². The van der Waals surface area contributed by atoms with E-state index < -0.39 is 16.8 Å². The zero-order valence-corrected chi connectivity index (χ0v) is 10.8. The highest BCUT2D eigenvalue weighted by Crippen LogP contribution is 2.22. The first-order chi connectivity index (χ1) is 9.36. The Morgan fingerprint density at radius 2 is 2.10 bits per heavy atom. The Morgan fingerprint density at radius 1 is 1.45 bits per heavy atom. The fourth-order valence-electron chi connectivity index (χ4n) is 1.40. The summed E-state index contributed by atoms with van der Waals surface area (Å²) in [5.74, 6) is -1.78. The van der Waals surface area contributed by atoms with Gasteiger partial charge in [0, 0.05) is 24.8 Å². The highest BCUT2D eigenvalue weighted by atomic mass is 16.7. The molecule has 8 heteroatoms. The third-order valence-corrected chi connectivity index (χ3v) is 2.44. The van der Waals surface area contributed by atoms with E-state index in [1.54, 1.807) is 0 Å². The Labute approximate surface area is 114 Å². The SMILES string of the molecule is CON(C)C(=O)c1ccc(C=CC(=O)O)c([N+](=O)[O-])c1. The molecule has 0 heterocycles. The summed E-state index contributed by atoms with van der Waals surface area (Å²) in [6.07, 6.45) is 1.87. The Bertz CT molecular complexity index is 581. The maximum Gasteiger partial charge on any atom is 0.328 e. The van der Waals surface area contributed by atoms with E-state index in [-0.39, 0.29) is 16.8 Å². The number of carbonyl (C=O) groups is 2. The van der Waals surface area contributed by atoms with Crippen molar-refractivity contribution < 1.29 is 24.5 Å². The molecule has 0 spiro atoms. The number of nitro groups is 1. The van der Waals surface area contributed by atoms with Crippen LogP contribution in [0.15, 0.2) is 24.3 Å². The van der Waals surface area contributed by atoms with Crippen molar-refractivity contribution in [3.05, 3.63) is 45.5 Å². The van der Waals surface area contributed by atoms with Gasteiger partial charge in [0.2, 0.25) is 0 Å². The van der Waals surface area contributed by atoms with Crippen LogP contribution in [0.25, 0.3) is 6.08 Å². The molecule has 8 nitrogen and oxygen atoms in total. The number of carboxylic acid groups (broad SMARTS) is 1. The van der Waals surface area contributed by atoms with Crippen LogP contribution in [0.2, 0.25) is 0 Å². The van der Waals surface area contributed by atoms with Gasteiger partial charge in [-0.25, -0.2) is 9.86 Å². The lowest BCUT2D eigenvalue weighted by Gasteiger charge is -2.13. The second-order valence-electron chi connectivity index (χ2n) is 3.69. The molecule has 106 valence electrons. The molecule has 0 aliphatic rings. The number of hydrogen-bond acceptors (Lipinski definition) is 5. The topological polar surface area (TPSA) is 110 Å².